The van der Waals surface area contributed by atoms with Gasteiger partial charge in [0.2, 0.25) is 0 Å². The molecule has 0 fully saturated rings. The van der Waals surface area contributed by atoms with E-state index in [2.05, 4.69) is 36.8 Å². The van der Waals surface area contributed by atoms with Crippen molar-refractivity contribution in [1.29, 1.82) is 0 Å². The summed E-state index contributed by atoms with van der Waals surface area (Å²) < 4.78 is 1.32. The monoisotopic (exact) mass is 507 g/mol. The van der Waals surface area contributed by atoms with Crippen LogP contribution in [-0.2, 0) is 13.1 Å². The van der Waals surface area contributed by atoms with Gasteiger partial charge in [0, 0.05) is 47.0 Å². The van der Waals surface area contributed by atoms with E-state index in [0.717, 1.165) is 4.47 Å². The SMILES string of the molecule is O=[N+]([O-])c1ccc(O)c(CN(Cc2cc(Br)cc(Br)c2O)c2ccccn2)c1. The number of nitro groups is 1. The molecule has 28 heavy (non-hydrogen) atoms. The van der Waals surface area contributed by atoms with Gasteiger partial charge in [-0.05, 0) is 46.3 Å². The molecule has 0 spiro atoms. The molecule has 3 aromatic rings. The van der Waals surface area contributed by atoms with Crippen LogP contribution in [0.2, 0.25) is 0 Å². The van der Waals surface area contributed by atoms with Gasteiger partial charge in [-0.1, -0.05) is 22.0 Å². The Morgan fingerprint density at radius 1 is 1.04 bits per heavy atom. The third-order valence-electron chi connectivity index (χ3n) is 4.08. The van der Waals surface area contributed by atoms with Gasteiger partial charge >= 0.3 is 0 Å². The number of anilines is 1. The maximum atomic E-state index is 11.1. The summed E-state index contributed by atoms with van der Waals surface area (Å²) in [6.45, 7) is 0.428. The number of benzene rings is 2. The quantitative estimate of drug-likeness (QED) is 0.353. The lowest BCUT2D eigenvalue weighted by Gasteiger charge is -2.25. The van der Waals surface area contributed by atoms with Crippen molar-refractivity contribution >= 4 is 43.4 Å². The molecule has 3 rings (SSSR count). The third kappa shape index (κ3) is 4.60. The number of non-ortho nitro benzene ring substituents is 1. The highest BCUT2D eigenvalue weighted by Gasteiger charge is 2.18. The molecule has 0 atom stereocenters. The highest BCUT2D eigenvalue weighted by atomic mass is 79.9. The van der Waals surface area contributed by atoms with Crippen LogP contribution in [-0.4, -0.2) is 20.1 Å². The Bertz CT molecular complexity index is 1020. The van der Waals surface area contributed by atoms with Crippen molar-refractivity contribution in [2.24, 2.45) is 0 Å². The molecule has 0 radical (unpaired) electrons. The van der Waals surface area contributed by atoms with E-state index in [1.54, 1.807) is 30.5 Å². The summed E-state index contributed by atoms with van der Waals surface area (Å²) in [7, 11) is 0. The topological polar surface area (TPSA) is 99.7 Å². The van der Waals surface area contributed by atoms with Crippen LogP contribution in [0.5, 0.6) is 11.5 Å². The second kappa shape index (κ2) is 8.57. The number of aromatic hydroxyl groups is 2. The van der Waals surface area contributed by atoms with E-state index in [1.807, 2.05) is 11.0 Å². The van der Waals surface area contributed by atoms with Crippen LogP contribution in [0.4, 0.5) is 11.5 Å². The zero-order valence-electron chi connectivity index (χ0n) is 14.4. The van der Waals surface area contributed by atoms with Gasteiger partial charge in [-0.15, -0.1) is 0 Å². The third-order valence-corrected chi connectivity index (χ3v) is 5.14. The van der Waals surface area contributed by atoms with Crippen molar-refractivity contribution in [3.63, 3.8) is 0 Å². The number of phenolic OH excluding ortho intramolecular Hbond substituents is 2. The first-order chi connectivity index (χ1) is 13.3. The minimum Gasteiger partial charge on any atom is -0.508 e. The first-order valence-electron chi connectivity index (χ1n) is 8.14. The van der Waals surface area contributed by atoms with Crippen molar-refractivity contribution in [2.75, 3.05) is 4.90 Å². The molecule has 7 nitrogen and oxygen atoms in total. The summed E-state index contributed by atoms with van der Waals surface area (Å²) in [5.41, 5.74) is 0.895. The van der Waals surface area contributed by atoms with Gasteiger partial charge in [-0.3, -0.25) is 10.1 Å². The van der Waals surface area contributed by atoms with E-state index < -0.39 is 4.92 Å². The average Bonchev–Trinajstić information content (AvgIpc) is 2.67. The predicted molar refractivity (Wildman–Crippen MR) is 112 cm³/mol. The molecule has 0 unspecified atom stereocenters. The van der Waals surface area contributed by atoms with Crippen LogP contribution in [0.25, 0.3) is 0 Å². The summed E-state index contributed by atoms with van der Waals surface area (Å²) in [5, 5.41) is 31.7. The fourth-order valence-corrected chi connectivity index (χ4v) is 4.04. The van der Waals surface area contributed by atoms with Crippen LogP contribution >= 0.6 is 31.9 Å². The number of nitrogens with zero attached hydrogens (tertiary/aromatic N) is 3. The molecule has 144 valence electrons. The van der Waals surface area contributed by atoms with Gasteiger partial charge in [0.25, 0.3) is 5.69 Å². The van der Waals surface area contributed by atoms with Crippen molar-refractivity contribution < 1.29 is 15.1 Å². The van der Waals surface area contributed by atoms with E-state index in [4.69, 9.17) is 0 Å². The fourth-order valence-electron chi connectivity index (χ4n) is 2.72. The lowest BCUT2D eigenvalue weighted by Crippen LogP contribution is -2.23. The molecule has 1 aromatic heterocycles. The fraction of sp³-hybridized carbons (Fsp3) is 0.105. The van der Waals surface area contributed by atoms with Crippen LogP contribution in [0.15, 0.2) is 63.7 Å². The molecule has 0 aliphatic rings. The van der Waals surface area contributed by atoms with Crippen LogP contribution in [0, 0.1) is 10.1 Å². The number of hydrogen-bond acceptors (Lipinski definition) is 6. The normalized spacial score (nSPS) is 10.6. The molecule has 2 aromatic carbocycles. The van der Waals surface area contributed by atoms with Crippen LogP contribution < -0.4 is 4.90 Å². The van der Waals surface area contributed by atoms with E-state index in [9.17, 15) is 20.3 Å². The molecule has 0 aliphatic heterocycles. The van der Waals surface area contributed by atoms with E-state index in [0.29, 0.717) is 21.4 Å². The van der Waals surface area contributed by atoms with Gasteiger partial charge in [0.1, 0.15) is 17.3 Å². The number of phenols is 2. The highest BCUT2D eigenvalue weighted by molar-refractivity contribution is 9.11. The zero-order valence-corrected chi connectivity index (χ0v) is 17.6. The number of hydrogen-bond donors (Lipinski definition) is 2. The van der Waals surface area contributed by atoms with E-state index in [1.165, 1.54) is 18.2 Å². The molecule has 9 heteroatoms. The van der Waals surface area contributed by atoms with Crippen molar-refractivity contribution in [3.05, 3.63) is 84.9 Å². The Kier molecular flexibility index (Phi) is 6.15. The Labute approximate surface area is 177 Å². The summed E-state index contributed by atoms with van der Waals surface area (Å²) in [6, 6.07) is 12.8. The summed E-state index contributed by atoms with van der Waals surface area (Å²) >= 11 is 6.72. The van der Waals surface area contributed by atoms with Gasteiger partial charge in [0.15, 0.2) is 0 Å². The maximum Gasteiger partial charge on any atom is 0.270 e. The predicted octanol–water partition coefficient (Wildman–Crippen LogP) is 5.13. The Morgan fingerprint density at radius 2 is 1.79 bits per heavy atom. The number of halogens is 2. The Morgan fingerprint density at radius 3 is 2.46 bits per heavy atom. The first kappa shape index (κ1) is 20.1. The molecule has 0 bridgehead atoms. The lowest BCUT2D eigenvalue weighted by atomic mass is 10.1. The average molecular weight is 509 g/mol. The Hall–Kier alpha value is -2.65. The second-order valence-electron chi connectivity index (χ2n) is 6.01. The van der Waals surface area contributed by atoms with Gasteiger partial charge < -0.3 is 15.1 Å². The Balaban J connectivity index is 2.00. The summed E-state index contributed by atoms with van der Waals surface area (Å²) in [5.74, 6) is 0.641. The largest absolute Gasteiger partial charge is 0.508 e. The standard InChI is InChI=1S/C19H15Br2N3O4/c20-14-7-13(19(26)16(21)9-14)11-23(18-3-1-2-6-22-18)10-12-8-15(24(27)28)4-5-17(12)25/h1-9,25-26H,10-11H2. The number of rotatable bonds is 6. The summed E-state index contributed by atoms with van der Waals surface area (Å²) in [6.07, 6.45) is 1.63. The molecule has 0 saturated carbocycles. The molecule has 2 N–H and O–H groups in total. The number of aromatic nitrogens is 1. The van der Waals surface area contributed by atoms with Crippen LogP contribution in [0.1, 0.15) is 11.1 Å². The number of nitro benzene ring substituents is 1. The minimum absolute atomic E-state index is 0.0498. The van der Waals surface area contributed by atoms with Crippen molar-refractivity contribution in [1.82, 2.24) is 4.98 Å². The number of pyridine rings is 1. The second-order valence-corrected chi connectivity index (χ2v) is 7.78. The highest BCUT2D eigenvalue weighted by Crippen LogP contribution is 2.34. The molecule has 0 saturated heterocycles. The van der Waals surface area contributed by atoms with E-state index in [-0.39, 0.29) is 30.3 Å². The minimum atomic E-state index is -0.509. The first-order valence-corrected chi connectivity index (χ1v) is 9.73. The summed E-state index contributed by atoms with van der Waals surface area (Å²) in [4.78, 5) is 16.7. The molecular formula is C19H15Br2N3O4. The van der Waals surface area contributed by atoms with E-state index >= 15 is 0 Å². The molecule has 0 amide bonds. The smallest absolute Gasteiger partial charge is 0.270 e. The molecular weight excluding hydrogens is 494 g/mol. The van der Waals surface area contributed by atoms with Gasteiger partial charge in [-0.2, -0.15) is 0 Å². The molecule has 0 aliphatic carbocycles. The van der Waals surface area contributed by atoms with Gasteiger partial charge in [0.05, 0.1) is 9.40 Å². The maximum absolute atomic E-state index is 11.1. The molecule has 1 heterocycles. The van der Waals surface area contributed by atoms with Crippen LogP contribution in [0.3, 0.4) is 0 Å². The van der Waals surface area contributed by atoms with Gasteiger partial charge in [-0.25, -0.2) is 4.98 Å². The van der Waals surface area contributed by atoms with Crippen molar-refractivity contribution in [3.8, 4) is 11.5 Å². The van der Waals surface area contributed by atoms with Crippen molar-refractivity contribution in [2.45, 2.75) is 13.1 Å². The lowest BCUT2D eigenvalue weighted by molar-refractivity contribution is -0.384. The zero-order chi connectivity index (χ0) is 20.3.